The monoisotopic (exact) mass is 420 g/mol. The van der Waals surface area contributed by atoms with E-state index >= 15 is 0 Å². The number of carbonyl (C=O) groups excluding carboxylic acids is 1. The number of anilines is 1. The van der Waals surface area contributed by atoms with Gasteiger partial charge in [-0.1, -0.05) is 36.4 Å². The SMILES string of the molecule is Cc1ccccc1CC(=O)Nc1ccc2[nH]nc(-c3cccc(S(N)(=O)=O)c3)c2c1. The highest BCUT2D eigenvalue weighted by atomic mass is 32.2. The second-order valence-electron chi connectivity index (χ2n) is 7.06. The molecule has 1 aromatic heterocycles. The zero-order chi connectivity index (χ0) is 21.3. The lowest BCUT2D eigenvalue weighted by Gasteiger charge is -2.08. The second-order valence-corrected chi connectivity index (χ2v) is 8.62. The van der Waals surface area contributed by atoms with Crippen molar-refractivity contribution in [3.05, 3.63) is 77.9 Å². The summed E-state index contributed by atoms with van der Waals surface area (Å²) in [4.78, 5) is 12.5. The Kier molecular flexibility index (Phi) is 5.11. The number of hydrogen-bond acceptors (Lipinski definition) is 4. The minimum Gasteiger partial charge on any atom is -0.326 e. The molecule has 0 aliphatic rings. The molecule has 0 aliphatic carbocycles. The van der Waals surface area contributed by atoms with Gasteiger partial charge in [0.05, 0.1) is 16.8 Å². The number of hydrogen-bond donors (Lipinski definition) is 3. The van der Waals surface area contributed by atoms with Crippen LogP contribution in [-0.2, 0) is 21.2 Å². The van der Waals surface area contributed by atoms with Crippen molar-refractivity contribution in [2.75, 3.05) is 5.32 Å². The van der Waals surface area contributed by atoms with Crippen LogP contribution in [0.2, 0.25) is 0 Å². The maximum Gasteiger partial charge on any atom is 0.238 e. The van der Waals surface area contributed by atoms with E-state index in [4.69, 9.17) is 5.14 Å². The normalized spacial score (nSPS) is 11.5. The summed E-state index contributed by atoms with van der Waals surface area (Å²) in [5.41, 5.74) is 4.62. The van der Waals surface area contributed by atoms with E-state index in [9.17, 15) is 13.2 Å². The minimum absolute atomic E-state index is 0.0128. The van der Waals surface area contributed by atoms with E-state index in [1.807, 2.05) is 43.3 Å². The molecule has 7 nitrogen and oxygen atoms in total. The minimum atomic E-state index is -3.82. The summed E-state index contributed by atoms with van der Waals surface area (Å²) < 4.78 is 23.3. The van der Waals surface area contributed by atoms with Gasteiger partial charge >= 0.3 is 0 Å². The van der Waals surface area contributed by atoms with Gasteiger partial charge < -0.3 is 5.32 Å². The highest BCUT2D eigenvalue weighted by Gasteiger charge is 2.14. The first-order chi connectivity index (χ1) is 14.3. The number of nitrogens with one attached hydrogen (secondary N) is 2. The third kappa shape index (κ3) is 4.10. The third-order valence-corrected chi connectivity index (χ3v) is 5.81. The standard InChI is InChI=1S/C22H20N4O3S/c1-14-5-2-3-6-15(14)12-21(27)24-17-9-10-20-19(13-17)22(26-25-20)16-7-4-8-18(11-16)30(23,28)29/h2-11,13H,12H2,1H3,(H,24,27)(H,25,26)(H2,23,28,29). The molecule has 0 atom stereocenters. The molecule has 0 unspecified atom stereocenters. The van der Waals surface area contributed by atoms with Crippen LogP contribution in [0, 0.1) is 6.92 Å². The van der Waals surface area contributed by atoms with E-state index < -0.39 is 10.0 Å². The zero-order valence-electron chi connectivity index (χ0n) is 16.2. The summed E-state index contributed by atoms with van der Waals surface area (Å²) in [5.74, 6) is -0.120. The Bertz CT molecular complexity index is 1360. The van der Waals surface area contributed by atoms with Crippen LogP contribution in [0.15, 0.2) is 71.6 Å². The van der Waals surface area contributed by atoms with Gasteiger partial charge in [0, 0.05) is 16.6 Å². The summed E-state index contributed by atoms with van der Waals surface area (Å²) in [6.45, 7) is 1.97. The second kappa shape index (κ2) is 7.74. The highest BCUT2D eigenvalue weighted by Crippen LogP contribution is 2.29. The van der Waals surface area contributed by atoms with Crippen molar-refractivity contribution in [2.45, 2.75) is 18.2 Å². The van der Waals surface area contributed by atoms with Gasteiger partial charge in [-0.2, -0.15) is 5.10 Å². The van der Waals surface area contributed by atoms with Crippen LogP contribution >= 0.6 is 0 Å². The van der Waals surface area contributed by atoms with Gasteiger partial charge in [-0.25, -0.2) is 13.6 Å². The fourth-order valence-corrected chi connectivity index (χ4v) is 3.88. The average Bonchev–Trinajstić information content (AvgIpc) is 3.12. The van der Waals surface area contributed by atoms with E-state index in [0.29, 0.717) is 16.9 Å². The largest absolute Gasteiger partial charge is 0.326 e. The fourth-order valence-electron chi connectivity index (χ4n) is 3.32. The number of fused-ring (bicyclic) bond motifs is 1. The summed E-state index contributed by atoms with van der Waals surface area (Å²) >= 11 is 0. The van der Waals surface area contributed by atoms with E-state index in [0.717, 1.165) is 22.0 Å². The number of benzene rings is 3. The summed E-state index contributed by atoms with van der Waals surface area (Å²) in [7, 11) is -3.82. The molecule has 0 saturated carbocycles. The number of aromatic amines is 1. The van der Waals surface area contributed by atoms with Crippen LogP contribution in [0.3, 0.4) is 0 Å². The molecule has 0 saturated heterocycles. The maximum atomic E-state index is 12.5. The Morgan fingerprint density at radius 2 is 1.87 bits per heavy atom. The number of aryl methyl sites for hydroxylation is 1. The smallest absolute Gasteiger partial charge is 0.238 e. The lowest BCUT2D eigenvalue weighted by molar-refractivity contribution is -0.115. The topological polar surface area (TPSA) is 118 Å². The molecular weight excluding hydrogens is 400 g/mol. The van der Waals surface area contributed by atoms with Gasteiger partial charge in [-0.15, -0.1) is 0 Å². The molecular formula is C22H20N4O3S. The first-order valence-corrected chi connectivity index (χ1v) is 10.8. The molecule has 1 amide bonds. The van der Waals surface area contributed by atoms with Crippen LogP contribution < -0.4 is 10.5 Å². The van der Waals surface area contributed by atoms with Crippen molar-refractivity contribution in [3.63, 3.8) is 0 Å². The lowest BCUT2D eigenvalue weighted by Crippen LogP contribution is -2.14. The quantitative estimate of drug-likeness (QED) is 0.459. The van der Waals surface area contributed by atoms with Gasteiger partial charge in [0.1, 0.15) is 5.69 Å². The van der Waals surface area contributed by atoms with Gasteiger partial charge in [0.25, 0.3) is 0 Å². The van der Waals surface area contributed by atoms with Crippen LogP contribution in [0.5, 0.6) is 0 Å². The molecule has 30 heavy (non-hydrogen) atoms. The first kappa shape index (κ1) is 19.8. The summed E-state index contributed by atoms with van der Waals surface area (Å²) in [6.07, 6.45) is 0.277. The van der Waals surface area contributed by atoms with Gasteiger partial charge in [-0.3, -0.25) is 9.89 Å². The number of sulfonamides is 1. The molecule has 8 heteroatoms. The summed E-state index contributed by atoms with van der Waals surface area (Å²) in [5, 5.41) is 16.2. The van der Waals surface area contributed by atoms with E-state index in [-0.39, 0.29) is 17.2 Å². The van der Waals surface area contributed by atoms with Crippen molar-refractivity contribution >= 4 is 32.5 Å². The molecule has 1 heterocycles. The number of rotatable bonds is 5. The van der Waals surface area contributed by atoms with Gasteiger partial charge in [0.2, 0.25) is 15.9 Å². The van der Waals surface area contributed by atoms with Crippen molar-refractivity contribution in [1.29, 1.82) is 0 Å². The van der Waals surface area contributed by atoms with Crippen molar-refractivity contribution in [1.82, 2.24) is 10.2 Å². The summed E-state index contributed by atoms with van der Waals surface area (Å²) in [6, 6.07) is 19.5. The molecule has 3 aromatic carbocycles. The van der Waals surface area contributed by atoms with Crippen LogP contribution in [0.4, 0.5) is 5.69 Å². The number of primary sulfonamides is 1. The Hall–Kier alpha value is -3.49. The number of H-pyrrole nitrogens is 1. The van der Waals surface area contributed by atoms with Crippen molar-refractivity contribution in [2.24, 2.45) is 5.14 Å². The Morgan fingerprint density at radius 1 is 1.07 bits per heavy atom. The average molecular weight is 420 g/mol. The highest BCUT2D eigenvalue weighted by molar-refractivity contribution is 7.89. The molecule has 0 aliphatic heterocycles. The fraction of sp³-hybridized carbons (Fsp3) is 0.0909. The number of nitrogens with zero attached hydrogens (tertiary/aromatic N) is 1. The molecule has 152 valence electrons. The Balaban J connectivity index is 1.64. The number of aromatic nitrogens is 2. The molecule has 0 spiro atoms. The first-order valence-electron chi connectivity index (χ1n) is 9.27. The lowest BCUT2D eigenvalue weighted by atomic mass is 10.1. The van der Waals surface area contributed by atoms with Gasteiger partial charge in [-0.05, 0) is 48.4 Å². The van der Waals surface area contributed by atoms with Crippen LogP contribution in [0.1, 0.15) is 11.1 Å². The van der Waals surface area contributed by atoms with Crippen LogP contribution in [-0.4, -0.2) is 24.5 Å². The van der Waals surface area contributed by atoms with E-state index in [1.165, 1.54) is 12.1 Å². The molecule has 0 fully saturated rings. The molecule has 4 N–H and O–H groups in total. The van der Waals surface area contributed by atoms with E-state index in [1.54, 1.807) is 18.2 Å². The third-order valence-electron chi connectivity index (χ3n) is 4.89. The molecule has 0 radical (unpaired) electrons. The molecule has 4 rings (SSSR count). The molecule has 0 bridgehead atoms. The Labute approximate surface area is 174 Å². The number of carbonyl (C=O) groups is 1. The van der Waals surface area contributed by atoms with E-state index in [2.05, 4.69) is 15.5 Å². The maximum absolute atomic E-state index is 12.5. The zero-order valence-corrected chi connectivity index (χ0v) is 17.0. The van der Waals surface area contributed by atoms with Gasteiger partial charge in [0.15, 0.2) is 0 Å². The van der Waals surface area contributed by atoms with Crippen molar-refractivity contribution in [3.8, 4) is 11.3 Å². The predicted molar refractivity (Wildman–Crippen MR) is 116 cm³/mol. The number of nitrogens with two attached hydrogens (primary N) is 1. The Morgan fingerprint density at radius 3 is 2.63 bits per heavy atom. The predicted octanol–water partition coefficient (Wildman–Crippen LogP) is 3.37. The van der Waals surface area contributed by atoms with Crippen LogP contribution in [0.25, 0.3) is 22.2 Å². The van der Waals surface area contributed by atoms with Crippen molar-refractivity contribution < 1.29 is 13.2 Å². The molecule has 4 aromatic rings. The number of amides is 1.